The largest absolute Gasteiger partial charge is 0.318 e. The molecule has 0 bridgehead atoms. The van der Waals surface area contributed by atoms with E-state index in [0.29, 0.717) is 6.54 Å². The maximum absolute atomic E-state index is 11.8. The van der Waals surface area contributed by atoms with Crippen LogP contribution >= 0.6 is 0 Å². The Labute approximate surface area is 83.6 Å². The van der Waals surface area contributed by atoms with Crippen LogP contribution in [0.1, 0.15) is 19.8 Å². The first-order valence-electron chi connectivity index (χ1n) is 5.18. The molecule has 2 aliphatic rings. The summed E-state index contributed by atoms with van der Waals surface area (Å²) in [5.41, 5.74) is 0. The van der Waals surface area contributed by atoms with Crippen molar-refractivity contribution in [2.24, 2.45) is 11.8 Å². The van der Waals surface area contributed by atoms with Crippen LogP contribution in [0.15, 0.2) is 0 Å². The third-order valence-corrected chi connectivity index (χ3v) is 3.32. The normalized spacial score (nSPS) is 32.9. The molecule has 0 aromatic heterocycles. The molecule has 2 fully saturated rings. The Kier molecular flexibility index (Phi) is 2.31. The molecular weight excluding hydrogens is 180 g/mol. The predicted molar refractivity (Wildman–Crippen MR) is 51.5 cm³/mol. The molecule has 1 saturated heterocycles. The number of hydrogen-bond donors (Lipinski definition) is 1. The van der Waals surface area contributed by atoms with Gasteiger partial charge in [-0.15, -0.1) is 0 Å². The fourth-order valence-corrected chi connectivity index (χ4v) is 2.38. The lowest BCUT2D eigenvalue weighted by Gasteiger charge is -2.24. The Morgan fingerprint density at radius 3 is 2.21 bits per heavy atom. The van der Waals surface area contributed by atoms with Crippen LogP contribution in [-0.4, -0.2) is 36.3 Å². The van der Waals surface area contributed by atoms with Gasteiger partial charge >= 0.3 is 0 Å². The average Bonchev–Trinajstić information content (AvgIpc) is 2.16. The summed E-state index contributed by atoms with van der Waals surface area (Å²) in [4.78, 5) is 25.0. The first kappa shape index (κ1) is 9.65. The van der Waals surface area contributed by atoms with Gasteiger partial charge in [0.15, 0.2) is 0 Å². The van der Waals surface area contributed by atoms with Crippen molar-refractivity contribution < 1.29 is 9.59 Å². The first-order valence-corrected chi connectivity index (χ1v) is 5.18. The number of hydrogen-bond acceptors (Lipinski definition) is 3. The third kappa shape index (κ3) is 1.17. The highest BCUT2D eigenvalue weighted by Gasteiger charge is 2.53. The minimum Gasteiger partial charge on any atom is -0.318 e. The van der Waals surface area contributed by atoms with Gasteiger partial charge in [-0.2, -0.15) is 0 Å². The fourth-order valence-electron chi connectivity index (χ4n) is 2.38. The summed E-state index contributed by atoms with van der Waals surface area (Å²) in [6, 6.07) is -0.00870. The van der Waals surface area contributed by atoms with Crippen LogP contribution in [-0.2, 0) is 9.59 Å². The van der Waals surface area contributed by atoms with E-state index in [-0.39, 0.29) is 29.7 Å². The van der Waals surface area contributed by atoms with E-state index in [2.05, 4.69) is 5.32 Å². The number of amides is 2. The molecule has 2 amide bonds. The number of carbonyl (C=O) groups excluding carboxylic acids is 2. The van der Waals surface area contributed by atoms with E-state index in [1.165, 1.54) is 4.90 Å². The van der Waals surface area contributed by atoms with E-state index in [9.17, 15) is 9.59 Å². The van der Waals surface area contributed by atoms with E-state index < -0.39 is 0 Å². The van der Waals surface area contributed by atoms with Crippen LogP contribution in [0.25, 0.3) is 0 Å². The van der Waals surface area contributed by atoms with Gasteiger partial charge in [-0.25, -0.2) is 0 Å². The average molecular weight is 196 g/mol. The van der Waals surface area contributed by atoms with Crippen molar-refractivity contribution in [2.75, 3.05) is 13.6 Å². The molecule has 3 atom stereocenters. The highest BCUT2D eigenvalue weighted by atomic mass is 16.2. The molecule has 1 saturated carbocycles. The SMILES string of the molecule is CNCC(C)N1C(=O)[C@H]2CC[C@H]2C1=O. The first-order chi connectivity index (χ1) is 6.66. The minimum atomic E-state index is -0.00870. The Balaban J connectivity index is 2.11. The molecule has 0 radical (unpaired) electrons. The number of imide groups is 1. The van der Waals surface area contributed by atoms with Crippen LogP contribution in [0.3, 0.4) is 0 Å². The van der Waals surface area contributed by atoms with Gasteiger partial charge in [0.25, 0.3) is 0 Å². The molecule has 1 aliphatic carbocycles. The smallest absolute Gasteiger partial charge is 0.233 e. The van der Waals surface area contributed by atoms with E-state index in [1.54, 1.807) is 0 Å². The summed E-state index contributed by atoms with van der Waals surface area (Å²) in [6.45, 7) is 2.59. The van der Waals surface area contributed by atoms with Crippen molar-refractivity contribution in [1.82, 2.24) is 10.2 Å². The van der Waals surface area contributed by atoms with Gasteiger partial charge in [0.1, 0.15) is 0 Å². The summed E-state index contributed by atoms with van der Waals surface area (Å²) in [6.07, 6.45) is 1.80. The topological polar surface area (TPSA) is 49.4 Å². The molecule has 4 heteroatoms. The zero-order valence-electron chi connectivity index (χ0n) is 8.62. The number of nitrogens with zero attached hydrogens (tertiary/aromatic N) is 1. The molecule has 78 valence electrons. The summed E-state index contributed by atoms with van der Waals surface area (Å²) >= 11 is 0. The number of likely N-dealkylation sites (tertiary alicyclic amines) is 1. The third-order valence-electron chi connectivity index (χ3n) is 3.32. The molecule has 4 nitrogen and oxygen atoms in total. The summed E-state index contributed by atoms with van der Waals surface area (Å²) < 4.78 is 0. The summed E-state index contributed by atoms with van der Waals surface area (Å²) in [5.74, 6) is 0.131. The molecule has 1 unspecified atom stereocenters. The van der Waals surface area contributed by atoms with Gasteiger partial charge in [0, 0.05) is 12.6 Å². The summed E-state index contributed by atoms with van der Waals surface area (Å²) in [7, 11) is 1.83. The molecule has 2 rings (SSSR count). The molecular formula is C10H16N2O2. The number of likely N-dealkylation sites (N-methyl/N-ethyl adjacent to an activating group) is 1. The second-order valence-electron chi connectivity index (χ2n) is 4.24. The van der Waals surface area contributed by atoms with E-state index in [0.717, 1.165) is 12.8 Å². The van der Waals surface area contributed by atoms with E-state index in [1.807, 2.05) is 14.0 Å². The molecule has 0 spiro atoms. The number of nitrogens with one attached hydrogen (secondary N) is 1. The van der Waals surface area contributed by atoms with Gasteiger partial charge in [-0.05, 0) is 26.8 Å². The Hall–Kier alpha value is -0.900. The molecule has 0 aromatic carbocycles. The monoisotopic (exact) mass is 196 g/mol. The van der Waals surface area contributed by atoms with Crippen molar-refractivity contribution in [2.45, 2.75) is 25.8 Å². The van der Waals surface area contributed by atoms with Gasteiger partial charge in [0.2, 0.25) is 11.8 Å². The van der Waals surface area contributed by atoms with Crippen LogP contribution in [0.4, 0.5) is 0 Å². The minimum absolute atomic E-state index is 0.00870. The van der Waals surface area contributed by atoms with Crippen LogP contribution < -0.4 is 5.32 Å². The fraction of sp³-hybridized carbons (Fsp3) is 0.800. The molecule has 1 aliphatic heterocycles. The van der Waals surface area contributed by atoms with Crippen LogP contribution in [0, 0.1) is 11.8 Å². The van der Waals surface area contributed by atoms with Gasteiger partial charge in [0.05, 0.1) is 11.8 Å². The Morgan fingerprint density at radius 2 is 1.86 bits per heavy atom. The number of rotatable bonds is 3. The Morgan fingerprint density at radius 1 is 1.36 bits per heavy atom. The second kappa shape index (κ2) is 3.35. The lowest BCUT2D eigenvalue weighted by Crippen LogP contribution is -2.43. The van der Waals surface area contributed by atoms with Crippen molar-refractivity contribution in [3.63, 3.8) is 0 Å². The number of carbonyl (C=O) groups is 2. The van der Waals surface area contributed by atoms with Crippen molar-refractivity contribution in [3.8, 4) is 0 Å². The van der Waals surface area contributed by atoms with E-state index >= 15 is 0 Å². The molecule has 1 heterocycles. The van der Waals surface area contributed by atoms with Crippen molar-refractivity contribution in [3.05, 3.63) is 0 Å². The highest BCUT2D eigenvalue weighted by Crippen LogP contribution is 2.42. The molecule has 14 heavy (non-hydrogen) atoms. The maximum atomic E-state index is 11.8. The number of fused-ring (bicyclic) bond motifs is 1. The maximum Gasteiger partial charge on any atom is 0.233 e. The van der Waals surface area contributed by atoms with Gasteiger partial charge in [-0.1, -0.05) is 0 Å². The van der Waals surface area contributed by atoms with Gasteiger partial charge < -0.3 is 5.32 Å². The molecule has 0 aromatic rings. The van der Waals surface area contributed by atoms with Crippen molar-refractivity contribution in [1.29, 1.82) is 0 Å². The quantitative estimate of drug-likeness (QED) is 0.646. The molecule has 1 N–H and O–H groups in total. The standard InChI is InChI=1S/C10H16N2O2/c1-6(5-11-2)12-9(13)7-3-4-8(7)10(12)14/h6-8,11H,3-5H2,1-2H3/t6?,7-,8+. The second-order valence-corrected chi connectivity index (χ2v) is 4.24. The lowest BCUT2D eigenvalue weighted by molar-refractivity contribution is -0.141. The van der Waals surface area contributed by atoms with Crippen LogP contribution in [0.5, 0.6) is 0 Å². The lowest BCUT2D eigenvalue weighted by atomic mass is 9.76. The zero-order valence-corrected chi connectivity index (χ0v) is 8.62. The Bertz CT molecular complexity index is 255. The highest BCUT2D eigenvalue weighted by molar-refractivity contribution is 6.06. The predicted octanol–water partition coefficient (Wildman–Crippen LogP) is -0.0107. The summed E-state index contributed by atoms with van der Waals surface area (Å²) in [5, 5.41) is 2.99. The van der Waals surface area contributed by atoms with Crippen LogP contribution in [0.2, 0.25) is 0 Å². The van der Waals surface area contributed by atoms with E-state index in [4.69, 9.17) is 0 Å². The van der Waals surface area contributed by atoms with Crippen molar-refractivity contribution >= 4 is 11.8 Å². The zero-order chi connectivity index (χ0) is 10.3. The van der Waals surface area contributed by atoms with Gasteiger partial charge in [-0.3, -0.25) is 14.5 Å².